The van der Waals surface area contributed by atoms with Crippen LogP contribution in [0, 0.1) is 6.92 Å². The first-order chi connectivity index (χ1) is 14.7. The Morgan fingerprint density at radius 1 is 1.23 bits per heavy atom. The molecule has 166 valence electrons. The van der Waals surface area contributed by atoms with E-state index < -0.39 is 11.7 Å². The summed E-state index contributed by atoms with van der Waals surface area (Å²) in [5.74, 6) is 0.0357. The number of ether oxygens (including phenoxy) is 2. The van der Waals surface area contributed by atoms with Gasteiger partial charge < -0.3 is 19.7 Å². The lowest BCUT2D eigenvalue weighted by Gasteiger charge is -2.22. The first-order valence-electron chi connectivity index (χ1n) is 10.8. The highest BCUT2D eigenvalue weighted by Crippen LogP contribution is 2.34. The second kappa shape index (κ2) is 8.63. The maximum absolute atomic E-state index is 13.2. The van der Waals surface area contributed by atoms with Crippen LogP contribution in [0.2, 0.25) is 0 Å². The Balaban J connectivity index is 1.43. The van der Waals surface area contributed by atoms with E-state index >= 15 is 0 Å². The minimum atomic E-state index is -0.535. The molecule has 31 heavy (non-hydrogen) atoms. The molecule has 2 aliphatic heterocycles. The van der Waals surface area contributed by atoms with E-state index in [1.54, 1.807) is 11.3 Å². The van der Waals surface area contributed by atoms with E-state index in [0.717, 1.165) is 40.3 Å². The number of alkyl carbamates (subject to hydrolysis) is 1. The van der Waals surface area contributed by atoms with Gasteiger partial charge in [-0.15, -0.1) is 11.3 Å². The number of likely N-dealkylation sites (tertiary alicyclic amines) is 1. The Hall–Kier alpha value is -2.38. The van der Waals surface area contributed by atoms with Crippen molar-refractivity contribution < 1.29 is 19.1 Å². The van der Waals surface area contributed by atoms with Crippen molar-refractivity contribution >= 4 is 23.3 Å². The number of nitrogens with one attached hydrogen (secondary N) is 1. The number of aryl methyl sites for hydroxylation is 1. The zero-order chi connectivity index (χ0) is 22.2. The van der Waals surface area contributed by atoms with Crippen LogP contribution in [-0.4, -0.2) is 48.2 Å². The molecule has 1 atom stereocenters. The molecule has 2 aliphatic rings. The number of rotatable bonds is 3. The van der Waals surface area contributed by atoms with Gasteiger partial charge >= 0.3 is 6.09 Å². The molecule has 0 spiro atoms. The monoisotopic (exact) mass is 442 g/mol. The second-order valence-corrected chi connectivity index (χ2v) is 10.3. The van der Waals surface area contributed by atoms with E-state index in [-0.39, 0.29) is 11.9 Å². The van der Waals surface area contributed by atoms with Crippen molar-refractivity contribution in [1.29, 1.82) is 0 Å². The molecule has 4 rings (SSSR count). The predicted octanol–water partition coefficient (Wildman–Crippen LogP) is 4.54. The number of amides is 2. The van der Waals surface area contributed by atoms with Crippen LogP contribution in [0.25, 0.3) is 10.4 Å². The van der Waals surface area contributed by atoms with Crippen molar-refractivity contribution in [3.63, 3.8) is 0 Å². The van der Waals surface area contributed by atoms with Crippen LogP contribution >= 0.6 is 11.3 Å². The van der Waals surface area contributed by atoms with Gasteiger partial charge in [0.15, 0.2) is 0 Å². The van der Waals surface area contributed by atoms with Crippen molar-refractivity contribution in [3.8, 4) is 10.4 Å². The lowest BCUT2D eigenvalue weighted by molar-refractivity contribution is 0.0502. The van der Waals surface area contributed by atoms with Crippen molar-refractivity contribution in [2.75, 3.05) is 19.7 Å². The largest absolute Gasteiger partial charge is 0.444 e. The molecule has 2 amide bonds. The van der Waals surface area contributed by atoms with Gasteiger partial charge in [0.25, 0.3) is 5.91 Å². The molecular formula is C24H30N2O4S. The number of hydrogen-bond donors (Lipinski definition) is 1. The average molecular weight is 443 g/mol. The Morgan fingerprint density at radius 2 is 2.03 bits per heavy atom. The molecule has 0 unspecified atom stereocenters. The number of fused-ring (bicyclic) bond motifs is 1. The van der Waals surface area contributed by atoms with E-state index in [1.807, 2.05) is 32.6 Å². The van der Waals surface area contributed by atoms with Crippen molar-refractivity contribution in [2.24, 2.45) is 0 Å². The summed E-state index contributed by atoms with van der Waals surface area (Å²) in [5, 5.41) is 2.88. The zero-order valence-corrected chi connectivity index (χ0v) is 19.4. The Morgan fingerprint density at radius 3 is 2.81 bits per heavy atom. The van der Waals surface area contributed by atoms with Crippen LogP contribution in [0.5, 0.6) is 0 Å². The van der Waals surface area contributed by atoms with Gasteiger partial charge in [-0.25, -0.2) is 4.79 Å². The average Bonchev–Trinajstić information content (AvgIpc) is 3.32. The van der Waals surface area contributed by atoms with Gasteiger partial charge in [-0.05, 0) is 74.9 Å². The van der Waals surface area contributed by atoms with Gasteiger partial charge in [-0.2, -0.15) is 0 Å². The quantitative estimate of drug-likeness (QED) is 0.758. The zero-order valence-electron chi connectivity index (χ0n) is 18.6. The van der Waals surface area contributed by atoms with Crippen LogP contribution in [0.4, 0.5) is 4.79 Å². The molecule has 6 nitrogen and oxygen atoms in total. The van der Waals surface area contributed by atoms with E-state index in [4.69, 9.17) is 9.47 Å². The SMILES string of the molecule is Cc1cc(-c2ccc3c(c2)CCOC3)sc1C(=O)N1CC[C@H](NC(=O)OC(C)(C)C)C1. The summed E-state index contributed by atoms with van der Waals surface area (Å²) >= 11 is 1.55. The van der Waals surface area contributed by atoms with Gasteiger partial charge in [-0.3, -0.25) is 4.79 Å². The molecular weight excluding hydrogens is 412 g/mol. The van der Waals surface area contributed by atoms with Gasteiger partial charge in [0.1, 0.15) is 5.60 Å². The van der Waals surface area contributed by atoms with Crippen LogP contribution in [0.15, 0.2) is 24.3 Å². The minimum absolute atomic E-state index is 0.0357. The summed E-state index contributed by atoms with van der Waals surface area (Å²) in [6.45, 7) is 10.1. The third-order valence-electron chi connectivity index (χ3n) is 5.57. The molecule has 1 fully saturated rings. The van der Waals surface area contributed by atoms with Gasteiger partial charge in [0.05, 0.1) is 24.1 Å². The lowest BCUT2D eigenvalue weighted by Crippen LogP contribution is -2.41. The summed E-state index contributed by atoms with van der Waals surface area (Å²) < 4.78 is 10.9. The molecule has 0 bridgehead atoms. The van der Waals surface area contributed by atoms with E-state index in [9.17, 15) is 9.59 Å². The number of thiophene rings is 1. The molecule has 0 saturated carbocycles. The van der Waals surface area contributed by atoms with Crippen LogP contribution in [-0.2, 0) is 22.5 Å². The lowest BCUT2D eigenvalue weighted by atomic mass is 9.99. The number of hydrogen-bond acceptors (Lipinski definition) is 5. The summed E-state index contributed by atoms with van der Waals surface area (Å²) in [6.07, 6.45) is 1.23. The number of carbonyl (C=O) groups is 2. The topological polar surface area (TPSA) is 67.9 Å². The third-order valence-corrected chi connectivity index (χ3v) is 6.85. The van der Waals surface area contributed by atoms with E-state index in [0.29, 0.717) is 19.7 Å². The molecule has 1 saturated heterocycles. The summed E-state index contributed by atoms with van der Waals surface area (Å²) in [7, 11) is 0. The number of nitrogens with zero attached hydrogens (tertiary/aromatic N) is 1. The summed E-state index contributed by atoms with van der Waals surface area (Å²) in [4.78, 5) is 28.9. The van der Waals surface area contributed by atoms with Gasteiger partial charge in [0, 0.05) is 18.0 Å². The minimum Gasteiger partial charge on any atom is -0.444 e. The summed E-state index contributed by atoms with van der Waals surface area (Å²) in [6, 6.07) is 8.50. The molecule has 1 aromatic carbocycles. The second-order valence-electron chi connectivity index (χ2n) is 9.29. The maximum atomic E-state index is 13.2. The molecule has 3 heterocycles. The van der Waals surface area contributed by atoms with E-state index in [2.05, 4.69) is 29.6 Å². The molecule has 1 N–H and O–H groups in total. The number of carbonyl (C=O) groups excluding carboxylic acids is 2. The molecule has 2 aromatic rings. The molecule has 7 heteroatoms. The first kappa shape index (κ1) is 21.8. The normalized spacial score (nSPS) is 18.6. The maximum Gasteiger partial charge on any atom is 0.407 e. The highest BCUT2D eigenvalue weighted by atomic mass is 32.1. The highest BCUT2D eigenvalue weighted by Gasteiger charge is 2.31. The van der Waals surface area contributed by atoms with Crippen molar-refractivity contribution in [3.05, 3.63) is 45.8 Å². The Labute approximate surface area is 187 Å². The van der Waals surface area contributed by atoms with Crippen molar-refractivity contribution in [2.45, 2.75) is 58.8 Å². The highest BCUT2D eigenvalue weighted by molar-refractivity contribution is 7.17. The standard InChI is InChI=1S/C24H30N2O4S/c1-15-11-20(17-5-6-18-14-29-10-8-16(18)12-17)31-21(15)22(27)26-9-7-19(13-26)25-23(28)30-24(2,3)4/h5-6,11-12,19H,7-10,13-14H2,1-4H3,(H,25,28)/t19-/m0/s1. The van der Waals surface area contributed by atoms with E-state index in [1.165, 1.54) is 11.1 Å². The molecule has 0 radical (unpaired) electrons. The fourth-order valence-electron chi connectivity index (χ4n) is 4.03. The Kier molecular flexibility index (Phi) is 6.08. The fourth-order valence-corrected chi connectivity index (χ4v) is 5.17. The van der Waals surface area contributed by atoms with Gasteiger partial charge in [0.2, 0.25) is 0 Å². The molecule has 1 aromatic heterocycles. The fraction of sp³-hybridized carbons (Fsp3) is 0.500. The third kappa shape index (κ3) is 5.10. The van der Waals surface area contributed by atoms with Crippen LogP contribution in [0.1, 0.15) is 53.6 Å². The van der Waals surface area contributed by atoms with Crippen molar-refractivity contribution in [1.82, 2.24) is 10.2 Å². The van der Waals surface area contributed by atoms with Crippen LogP contribution in [0.3, 0.4) is 0 Å². The first-order valence-corrected chi connectivity index (χ1v) is 11.6. The van der Waals surface area contributed by atoms with Gasteiger partial charge in [-0.1, -0.05) is 12.1 Å². The number of benzene rings is 1. The van der Waals surface area contributed by atoms with Crippen LogP contribution < -0.4 is 5.32 Å². The smallest absolute Gasteiger partial charge is 0.407 e. The summed E-state index contributed by atoms with van der Waals surface area (Å²) in [5.41, 5.74) is 4.19. The Bertz CT molecular complexity index is 992. The molecule has 0 aliphatic carbocycles. The predicted molar refractivity (Wildman–Crippen MR) is 122 cm³/mol.